The molecule has 6 heteroatoms. The van der Waals surface area contributed by atoms with E-state index in [2.05, 4.69) is 19.2 Å². The maximum absolute atomic E-state index is 13.0. The van der Waals surface area contributed by atoms with E-state index in [0.29, 0.717) is 12.5 Å². The van der Waals surface area contributed by atoms with Gasteiger partial charge in [-0.1, -0.05) is 134 Å². The molecule has 1 aromatic carbocycles. The molecule has 0 aliphatic rings. The second-order valence-corrected chi connectivity index (χ2v) is 11.1. The summed E-state index contributed by atoms with van der Waals surface area (Å²) in [5, 5.41) is 11.8. The molecule has 226 valence electrons. The maximum Gasteiger partial charge on any atom is 0.328 e. The molecular weight excluding hydrogens is 502 g/mol. The molecule has 6 nitrogen and oxygen atoms in total. The number of rotatable bonds is 25. The lowest BCUT2D eigenvalue weighted by molar-refractivity contribution is -0.149. The largest absolute Gasteiger partial charge is 0.481 e. The summed E-state index contributed by atoms with van der Waals surface area (Å²) in [6, 6.07) is 8.40. The van der Waals surface area contributed by atoms with E-state index in [0.717, 1.165) is 31.2 Å². The number of esters is 1. The molecule has 40 heavy (non-hydrogen) atoms. The van der Waals surface area contributed by atoms with Gasteiger partial charge in [0.2, 0.25) is 5.91 Å². The molecular formula is C34H55NO5. The number of carboxylic acids is 1. The first kappa shape index (κ1) is 35.4. The summed E-state index contributed by atoms with van der Waals surface area (Å²) in [4.78, 5) is 36.6. The molecule has 0 saturated carbocycles. The fourth-order valence-corrected chi connectivity index (χ4v) is 4.86. The standard InChI is InChI=1S/C34H55NO5/c1-3-5-7-9-11-12-14-17-23-30(22-16-13-10-8-6-4-2)28-40-34(39)31(25-27-33(37)38)35-32(36)26-24-29-20-18-15-19-21-29/h15,18-21,24,26,30-31H,3-14,16-17,22-23,25,27-28H2,1-2H3,(H,35,36)(H,37,38)/t30?,31-/m0/s1. The van der Waals surface area contributed by atoms with E-state index in [1.165, 1.54) is 83.1 Å². The molecule has 0 radical (unpaired) electrons. The Morgan fingerprint density at radius 3 is 1.82 bits per heavy atom. The third kappa shape index (κ3) is 19.4. The average molecular weight is 558 g/mol. The molecule has 0 aliphatic carbocycles. The van der Waals surface area contributed by atoms with Crippen LogP contribution in [0, 0.1) is 5.92 Å². The smallest absolute Gasteiger partial charge is 0.328 e. The van der Waals surface area contributed by atoms with Crippen LogP contribution < -0.4 is 5.32 Å². The number of carbonyl (C=O) groups excluding carboxylic acids is 2. The fraction of sp³-hybridized carbons (Fsp3) is 0.676. The summed E-state index contributed by atoms with van der Waals surface area (Å²) in [6.45, 7) is 4.78. The van der Waals surface area contributed by atoms with Gasteiger partial charge in [-0.05, 0) is 36.8 Å². The predicted molar refractivity (Wildman–Crippen MR) is 164 cm³/mol. The number of carbonyl (C=O) groups is 3. The van der Waals surface area contributed by atoms with Crippen molar-refractivity contribution < 1.29 is 24.2 Å². The minimum atomic E-state index is -1.01. The molecule has 2 atom stereocenters. The van der Waals surface area contributed by atoms with Crippen molar-refractivity contribution in [3.8, 4) is 0 Å². The van der Waals surface area contributed by atoms with Crippen LogP contribution in [-0.2, 0) is 19.1 Å². The van der Waals surface area contributed by atoms with Crippen molar-refractivity contribution in [2.75, 3.05) is 6.61 Å². The molecule has 0 spiro atoms. The third-order valence-corrected chi connectivity index (χ3v) is 7.37. The number of unbranched alkanes of at least 4 members (excludes halogenated alkanes) is 12. The maximum atomic E-state index is 13.0. The number of hydrogen-bond acceptors (Lipinski definition) is 4. The first-order chi connectivity index (χ1) is 19.5. The van der Waals surface area contributed by atoms with E-state index in [1.54, 1.807) is 6.08 Å². The van der Waals surface area contributed by atoms with E-state index in [-0.39, 0.29) is 12.8 Å². The molecule has 1 unspecified atom stereocenters. The third-order valence-electron chi connectivity index (χ3n) is 7.37. The zero-order valence-electron chi connectivity index (χ0n) is 25.2. The minimum Gasteiger partial charge on any atom is -0.481 e. The monoisotopic (exact) mass is 557 g/mol. The summed E-state index contributed by atoms with van der Waals surface area (Å²) in [6.07, 6.45) is 22.4. The van der Waals surface area contributed by atoms with Gasteiger partial charge < -0.3 is 15.2 Å². The Morgan fingerprint density at radius 2 is 1.30 bits per heavy atom. The number of carboxylic acid groups (broad SMARTS) is 1. The number of ether oxygens (including phenoxy) is 1. The van der Waals surface area contributed by atoms with Gasteiger partial charge in [-0.15, -0.1) is 0 Å². The van der Waals surface area contributed by atoms with E-state index >= 15 is 0 Å². The van der Waals surface area contributed by atoms with Crippen LogP contribution in [0.5, 0.6) is 0 Å². The van der Waals surface area contributed by atoms with Crippen LogP contribution in [0.1, 0.15) is 135 Å². The van der Waals surface area contributed by atoms with Crippen LogP contribution in [0.15, 0.2) is 36.4 Å². The predicted octanol–water partition coefficient (Wildman–Crippen LogP) is 8.49. The lowest BCUT2D eigenvalue weighted by atomic mass is 9.94. The molecule has 2 N–H and O–H groups in total. The normalized spacial score (nSPS) is 12.8. The van der Waals surface area contributed by atoms with E-state index in [9.17, 15) is 14.4 Å². The van der Waals surface area contributed by atoms with Gasteiger partial charge in [-0.2, -0.15) is 0 Å². The highest BCUT2D eigenvalue weighted by atomic mass is 16.5. The topological polar surface area (TPSA) is 92.7 Å². The highest BCUT2D eigenvalue weighted by Crippen LogP contribution is 2.20. The van der Waals surface area contributed by atoms with Crippen LogP contribution in [0.3, 0.4) is 0 Å². The summed E-state index contributed by atoms with van der Waals surface area (Å²) in [5.41, 5.74) is 0.862. The van der Waals surface area contributed by atoms with Gasteiger partial charge in [-0.25, -0.2) is 4.79 Å². The number of hydrogen-bond donors (Lipinski definition) is 2. The van der Waals surface area contributed by atoms with Crippen molar-refractivity contribution in [3.05, 3.63) is 42.0 Å². The minimum absolute atomic E-state index is 0.000784. The van der Waals surface area contributed by atoms with Gasteiger partial charge in [0.15, 0.2) is 0 Å². The van der Waals surface area contributed by atoms with Crippen LogP contribution in [-0.4, -0.2) is 35.6 Å². The van der Waals surface area contributed by atoms with Gasteiger partial charge in [0.05, 0.1) is 6.61 Å². The number of amides is 1. The zero-order chi connectivity index (χ0) is 29.3. The van der Waals surface area contributed by atoms with Crippen LogP contribution in [0.25, 0.3) is 6.08 Å². The summed E-state index contributed by atoms with van der Waals surface area (Å²) in [5.74, 6) is -1.71. The lowest BCUT2D eigenvalue weighted by Crippen LogP contribution is -2.42. The molecule has 1 aromatic rings. The Morgan fingerprint density at radius 1 is 0.775 bits per heavy atom. The highest BCUT2D eigenvalue weighted by Gasteiger charge is 2.24. The SMILES string of the molecule is CCCCCCCCCCC(CCCCCCCC)COC(=O)[C@H](CCC(=O)O)NC(=O)C=Cc1ccccc1. The van der Waals surface area contributed by atoms with E-state index in [1.807, 2.05) is 30.3 Å². The second kappa shape index (κ2) is 24.2. The first-order valence-corrected chi connectivity index (χ1v) is 15.9. The number of nitrogens with one attached hydrogen (secondary N) is 1. The van der Waals surface area contributed by atoms with Gasteiger partial charge in [-0.3, -0.25) is 9.59 Å². The zero-order valence-corrected chi connectivity index (χ0v) is 25.2. The Kier molecular flexibility index (Phi) is 21.4. The van der Waals surface area contributed by atoms with Crippen molar-refractivity contribution in [1.29, 1.82) is 0 Å². The van der Waals surface area contributed by atoms with Crippen molar-refractivity contribution in [3.63, 3.8) is 0 Å². The van der Waals surface area contributed by atoms with Crippen molar-refractivity contribution in [2.45, 2.75) is 135 Å². The fourth-order valence-electron chi connectivity index (χ4n) is 4.86. The van der Waals surface area contributed by atoms with E-state index in [4.69, 9.17) is 9.84 Å². The van der Waals surface area contributed by atoms with Gasteiger partial charge in [0.25, 0.3) is 0 Å². The molecule has 0 bridgehead atoms. The molecule has 0 heterocycles. The van der Waals surface area contributed by atoms with Crippen LogP contribution >= 0.6 is 0 Å². The molecule has 1 amide bonds. The van der Waals surface area contributed by atoms with Gasteiger partial charge in [0, 0.05) is 12.5 Å². The van der Waals surface area contributed by atoms with Crippen molar-refractivity contribution in [1.82, 2.24) is 5.32 Å². The van der Waals surface area contributed by atoms with Crippen molar-refractivity contribution in [2.24, 2.45) is 5.92 Å². The van der Waals surface area contributed by atoms with Gasteiger partial charge in [0.1, 0.15) is 6.04 Å². The van der Waals surface area contributed by atoms with Crippen LogP contribution in [0.4, 0.5) is 0 Å². The van der Waals surface area contributed by atoms with Gasteiger partial charge >= 0.3 is 11.9 Å². The van der Waals surface area contributed by atoms with Crippen molar-refractivity contribution >= 4 is 23.9 Å². The Hall–Kier alpha value is -2.63. The summed E-state index contributed by atoms with van der Waals surface area (Å²) < 4.78 is 5.71. The Bertz CT molecular complexity index is 823. The highest BCUT2D eigenvalue weighted by molar-refractivity contribution is 5.94. The molecule has 0 saturated heterocycles. The van der Waals surface area contributed by atoms with E-state index < -0.39 is 23.9 Å². The first-order valence-electron chi connectivity index (χ1n) is 15.9. The molecule has 0 aromatic heterocycles. The van der Waals surface area contributed by atoms with Crippen LogP contribution in [0.2, 0.25) is 0 Å². The number of benzene rings is 1. The average Bonchev–Trinajstić information content (AvgIpc) is 2.95. The second-order valence-electron chi connectivity index (χ2n) is 11.1. The summed E-state index contributed by atoms with van der Waals surface area (Å²) in [7, 11) is 0. The Labute approximate surface area is 243 Å². The quantitative estimate of drug-likeness (QED) is 0.0714. The summed E-state index contributed by atoms with van der Waals surface area (Å²) >= 11 is 0. The molecule has 0 aliphatic heterocycles. The lowest BCUT2D eigenvalue weighted by Gasteiger charge is -2.20. The molecule has 0 fully saturated rings. The Balaban J connectivity index is 2.61. The molecule has 1 rings (SSSR count). The number of aliphatic carboxylic acids is 1.